The van der Waals surface area contributed by atoms with Crippen molar-refractivity contribution < 1.29 is 14.3 Å². The number of aliphatic imine (C=N–C) groups is 1. The zero-order valence-electron chi connectivity index (χ0n) is 16.2. The van der Waals surface area contributed by atoms with Gasteiger partial charge in [0.2, 0.25) is 0 Å². The van der Waals surface area contributed by atoms with Crippen LogP contribution in [0.5, 0.6) is 5.75 Å². The van der Waals surface area contributed by atoms with Gasteiger partial charge in [0.15, 0.2) is 5.78 Å². The fourth-order valence-electron chi connectivity index (χ4n) is 2.93. The van der Waals surface area contributed by atoms with Gasteiger partial charge in [-0.05, 0) is 35.9 Å². The first-order valence-corrected chi connectivity index (χ1v) is 10.6. The Morgan fingerprint density at radius 3 is 2.34 bits per heavy atom. The third kappa shape index (κ3) is 5.13. The first kappa shape index (κ1) is 21.7. The van der Waals surface area contributed by atoms with Gasteiger partial charge in [0.1, 0.15) is 16.8 Å². The van der Waals surface area contributed by atoms with Crippen LogP contribution in [0.15, 0.2) is 52.4 Å². The van der Waals surface area contributed by atoms with Crippen LogP contribution in [0.2, 0.25) is 10.0 Å². The molecule has 29 heavy (non-hydrogen) atoms. The van der Waals surface area contributed by atoms with Gasteiger partial charge in [-0.3, -0.25) is 4.79 Å². The molecule has 0 spiro atoms. The van der Waals surface area contributed by atoms with E-state index in [1.807, 2.05) is 38.1 Å². The summed E-state index contributed by atoms with van der Waals surface area (Å²) in [5.41, 5.74) is 0.882. The lowest BCUT2D eigenvalue weighted by Gasteiger charge is -2.25. The van der Waals surface area contributed by atoms with Gasteiger partial charge in [0.25, 0.3) is 0 Å². The summed E-state index contributed by atoms with van der Waals surface area (Å²) in [4.78, 5) is 32.0. The monoisotopic (exact) mass is 450 g/mol. The summed E-state index contributed by atoms with van der Waals surface area (Å²) in [5, 5.41) is 1.39. The number of urea groups is 1. The second-order valence-corrected chi connectivity index (χ2v) is 8.84. The van der Waals surface area contributed by atoms with Crippen molar-refractivity contribution >= 4 is 51.8 Å². The highest BCUT2D eigenvalue weighted by Gasteiger charge is 2.41. The predicted octanol–water partition coefficient (Wildman–Crippen LogP) is 5.72. The summed E-state index contributed by atoms with van der Waals surface area (Å²) in [6, 6.07) is 11.3. The molecule has 0 N–H and O–H groups in total. The molecular formula is C21H20Cl2N2O3S. The molecular weight excluding hydrogens is 431 g/mol. The third-order valence-corrected chi connectivity index (χ3v) is 5.84. The van der Waals surface area contributed by atoms with E-state index in [4.69, 9.17) is 27.9 Å². The molecule has 1 aliphatic heterocycles. The lowest BCUT2D eigenvalue weighted by atomic mass is 10.0. The molecule has 0 saturated heterocycles. The van der Waals surface area contributed by atoms with Crippen LogP contribution in [0.3, 0.4) is 0 Å². The van der Waals surface area contributed by atoms with Gasteiger partial charge < -0.3 is 9.64 Å². The summed E-state index contributed by atoms with van der Waals surface area (Å²) in [6.07, 6.45) is 0. The summed E-state index contributed by atoms with van der Waals surface area (Å²) >= 11 is 13.4. The maximum absolute atomic E-state index is 13.0. The number of carbonyl (C=O) groups is 2. The molecule has 1 aliphatic rings. The van der Waals surface area contributed by atoms with E-state index < -0.39 is 12.1 Å². The fraction of sp³-hybridized carbons (Fsp3) is 0.286. The SMILES string of the molecule is COc1ccc(CN2C(=O)N=C(Sc3cc(Cl)cc(Cl)c3)C2C(=O)C(C)C)cc1. The number of ether oxygens (including phenoxy) is 1. The summed E-state index contributed by atoms with van der Waals surface area (Å²) in [7, 11) is 1.59. The Kier molecular flexibility index (Phi) is 6.88. The minimum atomic E-state index is -0.743. The zero-order chi connectivity index (χ0) is 21.1. The highest BCUT2D eigenvalue weighted by molar-refractivity contribution is 8.14. The van der Waals surface area contributed by atoms with Crippen molar-refractivity contribution in [3.05, 3.63) is 58.1 Å². The maximum Gasteiger partial charge on any atom is 0.345 e. The van der Waals surface area contributed by atoms with Gasteiger partial charge in [-0.2, -0.15) is 4.99 Å². The van der Waals surface area contributed by atoms with Crippen molar-refractivity contribution in [2.45, 2.75) is 31.3 Å². The molecule has 2 amide bonds. The number of hydrogen-bond acceptors (Lipinski definition) is 4. The van der Waals surface area contributed by atoms with Gasteiger partial charge >= 0.3 is 6.03 Å². The van der Waals surface area contributed by atoms with E-state index in [-0.39, 0.29) is 18.2 Å². The number of nitrogens with zero attached hydrogens (tertiary/aromatic N) is 2. The quantitative estimate of drug-likeness (QED) is 0.564. The molecule has 2 aromatic rings. The number of halogens is 2. The maximum atomic E-state index is 13.0. The van der Waals surface area contributed by atoms with Crippen LogP contribution < -0.4 is 4.74 Å². The van der Waals surface area contributed by atoms with Crippen molar-refractivity contribution in [3.8, 4) is 5.75 Å². The van der Waals surface area contributed by atoms with E-state index in [0.29, 0.717) is 15.1 Å². The molecule has 0 fully saturated rings. The van der Waals surface area contributed by atoms with Crippen LogP contribution in [0.4, 0.5) is 4.79 Å². The topological polar surface area (TPSA) is 59.0 Å². The highest BCUT2D eigenvalue weighted by Crippen LogP contribution is 2.33. The Labute approximate surface area is 184 Å². The van der Waals surface area contributed by atoms with Crippen LogP contribution in [0, 0.1) is 5.92 Å². The summed E-state index contributed by atoms with van der Waals surface area (Å²) in [5.74, 6) is 0.406. The van der Waals surface area contributed by atoms with Gasteiger partial charge in [-0.15, -0.1) is 0 Å². The second-order valence-electron chi connectivity index (χ2n) is 6.88. The van der Waals surface area contributed by atoms with E-state index in [0.717, 1.165) is 16.2 Å². The van der Waals surface area contributed by atoms with Gasteiger partial charge in [-0.1, -0.05) is 60.9 Å². The Bertz CT molecular complexity index is 941. The van der Waals surface area contributed by atoms with Crippen LogP contribution in [-0.4, -0.2) is 34.9 Å². The molecule has 1 atom stereocenters. The van der Waals surface area contributed by atoms with Crippen LogP contribution in [0.25, 0.3) is 0 Å². The van der Waals surface area contributed by atoms with E-state index in [1.165, 1.54) is 16.7 Å². The summed E-state index contributed by atoms with van der Waals surface area (Å²) < 4.78 is 5.17. The normalized spacial score (nSPS) is 16.3. The number of methoxy groups -OCH3 is 1. The lowest BCUT2D eigenvalue weighted by Crippen LogP contribution is -2.44. The zero-order valence-corrected chi connectivity index (χ0v) is 18.5. The number of amides is 2. The smallest absolute Gasteiger partial charge is 0.345 e. The van der Waals surface area contributed by atoms with E-state index in [9.17, 15) is 9.59 Å². The van der Waals surface area contributed by atoms with Gasteiger partial charge in [0, 0.05) is 27.4 Å². The second kappa shape index (κ2) is 9.20. The standard InChI is InChI=1S/C21H20Cl2N2O3S/c1-12(2)19(26)18-20(29-17-9-14(22)8-15(23)10-17)24-21(27)25(18)11-13-4-6-16(28-3)7-5-13/h4-10,12,18H,11H2,1-3H3. The van der Waals surface area contributed by atoms with E-state index in [2.05, 4.69) is 4.99 Å². The van der Waals surface area contributed by atoms with Crippen molar-refractivity contribution in [1.29, 1.82) is 0 Å². The number of Topliss-reactive ketones (excluding diaryl/α,β-unsaturated/α-hetero) is 1. The molecule has 0 radical (unpaired) electrons. The highest BCUT2D eigenvalue weighted by atomic mass is 35.5. The van der Waals surface area contributed by atoms with Crippen molar-refractivity contribution in [3.63, 3.8) is 0 Å². The Morgan fingerprint density at radius 2 is 1.79 bits per heavy atom. The largest absolute Gasteiger partial charge is 0.497 e. The molecule has 0 aliphatic carbocycles. The average molecular weight is 451 g/mol. The van der Waals surface area contributed by atoms with E-state index >= 15 is 0 Å². The number of rotatable bonds is 6. The minimum absolute atomic E-state index is 0.0660. The Hall–Kier alpha value is -2.02. The first-order valence-electron chi connectivity index (χ1n) is 8.98. The molecule has 1 unspecified atom stereocenters. The first-order chi connectivity index (χ1) is 13.8. The molecule has 0 bridgehead atoms. The molecule has 0 aromatic heterocycles. The average Bonchev–Trinajstić information content (AvgIpc) is 2.95. The van der Waals surface area contributed by atoms with Gasteiger partial charge in [-0.25, -0.2) is 4.79 Å². The molecule has 8 heteroatoms. The Morgan fingerprint density at radius 1 is 1.17 bits per heavy atom. The minimum Gasteiger partial charge on any atom is -0.497 e. The molecule has 3 rings (SSSR count). The van der Waals surface area contributed by atoms with E-state index in [1.54, 1.807) is 25.3 Å². The van der Waals surface area contributed by atoms with Crippen LogP contribution in [-0.2, 0) is 11.3 Å². The van der Waals surface area contributed by atoms with Crippen molar-refractivity contribution in [1.82, 2.24) is 4.90 Å². The number of thioether (sulfide) groups is 1. The van der Waals surface area contributed by atoms with Crippen LogP contribution in [0.1, 0.15) is 19.4 Å². The molecule has 5 nitrogen and oxygen atoms in total. The summed E-state index contributed by atoms with van der Waals surface area (Å²) in [6.45, 7) is 3.90. The Balaban J connectivity index is 1.88. The number of benzene rings is 2. The fourth-order valence-corrected chi connectivity index (χ4v) is 4.68. The van der Waals surface area contributed by atoms with Gasteiger partial charge in [0.05, 0.1) is 7.11 Å². The number of ketones is 1. The number of hydrogen-bond donors (Lipinski definition) is 0. The number of carbonyl (C=O) groups excluding carboxylic acids is 2. The molecule has 1 heterocycles. The lowest BCUT2D eigenvalue weighted by molar-refractivity contribution is -0.124. The molecule has 0 saturated carbocycles. The predicted molar refractivity (Wildman–Crippen MR) is 117 cm³/mol. The molecule has 2 aromatic carbocycles. The third-order valence-electron chi connectivity index (χ3n) is 4.41. The molecule has 152 valence electrons. The van der Waals surface area contributed by atoms with Crippen molar-refractivity contribution in [2.75, 3.05) is 7.11 Å². The van der Waals surface area contributed by atoms with Crippen LogP contribution >= 0.6 is 35.0 Å². The van der Waals surface area contributed by atoms with Crippen molar-refractivity contribution in [2.24, 2.45) is 10.9 Å².